The second kappa shape index (κ2) is 9.25. The van der Waals surface area contributed by atoms with Gasteiger partial charge < -0.3 is 9.47 Å². The molecule has 0 radical (unpaired) electrons. The van der Waals surface area contributed by atoms with Crippen molar-refractivity contribution in [1.29, 1.82) is 0 Å². The van der Waals surface area contributed by atoms with Gasteiger partial charge in [0.05, 0.1) is 18.9 Å². The van der Waals surface area contributed by atoms with Crippen molar-refractivity contribution in [2.75, 3.05) is 12.5 Å². The van der Waals surface area contributed by atoms with Gasteiger partial charge in [0.1, 0.15) is 18.2 Å². The summed E-state index contributed by atoms with van der Waals surface area (Å²) in [7, 11) is 1.47. The number of aromatic nitrogens is 1. The van der Waals surface area contributed by atoms with Crippen LogP contribution in [0.15, 0.2) is 65.9 Å². The Kier molecular flexibility index (Phi) is 6.51. The van der Waals surface area contributed by atoms with Crippen LogP contribution in [0, 0.1) is 5.82 Å². The molecule has 5 nitrogen and oxygen atoms in total. The molecule has 9 heteroatoms. The van der Waals surface area contributed by atoms with E-state index in [1.807, 2.05) is 0 Å². The van der Waals surface area contributed by atoms with Gasteiger partial charge in [-0.2, -0.15) is 18.3 Å². The average Bonchev–Trinajstić information content (AvgIpc) is 2.73. The van der Waals surface area contributed by atoms with E-state index in [4.69, 9.17) is 9.47 Å². The Hall–Kier alpha value is -3.62. The topological polar surface area (TPSA) is 55.7 Å². The average molecular weight is 419 g/mol. The summed E-state index contributed by atoms with van der Waals surface area (Å²) in [5.41, 5.74) is 2.77. The van der Waals surface area contributed by atoms with Gasteiger partial charge in [-0.25, -0.2) is 9.37 Å². The van der Waals surface area contributed by atoms with Gasteiger partial charge in [0.2, 0.25) is 0 Å². The third-order valence-electron chi connectivity index (χ3n) is 4.01. The number of pyridine rings is 1. The lowest BCUT2D eigenvalue weighted by Crippen LogP contribution is -2.05. The number of anilines is 1. The van der Waals surface area contributed by atoms with E-state index in [2.05, 4.69) is 15.5 Å². The van der Waals surface area contributed by atoms with Crippen LogP contribution in [-0.2, 0) is 12.8 Å². The lowest BCUT2D eigenvalue weighted by atomic mass is 10.2. The number of methoxy groups -OCH3 is 1. The van der Waals surface area contributed by atoms with E-state index in [1.165, 1.54) is 25.5 Å². The Morgan fingerprint density at radius 3 is 2.53 bits per heavy atom. The summed E-state index contributed by atoms with van der Waals surface area (Å²) in [6.07, 6.45) is -2.27. The van der Waals surface area contributed by atoms with Crippen molar-refractivity contribution in [3.63, 3.8) is 0 Å². The molecule has 156 valence electrons. The number of hydrazone groups is 1. The first kappa shape index (κ1) is 21.1. The van der Waals surface area contributed by atoms with Crippen LogP contribution in [0.4, 0.5) is 23.4 Å². The number of ether oxygens (including phenoxy) is 2. The highest BCUT2D eigenvalue weighted by Gasteiger charge is 2.30. The lowest BCUT2D eigenvalue weighted by Gasteiger charge is -2.11. The van der Waals surface area contributed by atoms with E-state index in [-0.39, 0.29) is 18.2 Å². The summed E-state index contributed by atoms with van der Waals surface area (Å²) in [6.45, 7) is 0.0393. The molecule has 2 aromatic carbocycles. The molecular formula is C21H17F4N3O2. The third-order valence-corrected chi connectivity index (χ3v) is 4.01. The molecular weight excluding hydrogens is 402 g/mol. The molecule has 3 rings (SSSR count). The fourth-order valence-corrected chi connectivity index (χ4v) is 2.46. The van der Waals surface area contributed by atoms with Gasteiger partial charge >= 0.3 is 6.18 Å². The summed E-state index contributed by atoms with van der Waals surface area (Å²) in [5, 5.41) is 3.95. The number of hydrogen-bond donors (Lipinski definition) is 1. The van der Waals surface area contributed by atoms with Gasteiger partial charge in [0.25, 0.3) is 0 Å². The zero-order chi connectivity index (χ0) is 21.6. The van der Waals surface area contributed by atoms with Crippen LogP contribution in [0.3, 0.4) is 0 Å². The summed E-state index contributed by atoms with van der Waals surface area (Å²) in [4.78, 5) is 3.66. The van der Waals surface area contributed by atoms with Gasteiger partial charge in [0.15, 0.2) is 11.5 Å². The van der Waals surface area contributed by atoms with Gasteiger partial charge in [-0.3, -0.25) is 5.43 Å². The maximum atomic E-state index is 13.7. The largest absolute Gasteiger partial charge is 0.493 e. The van der Waals surface area contributed by atoms with Gasteiger partial charge in [-0.05, 0) is 42.0 Å². The molecule has 0 fully saturated rings. The molecule has 0 aliphatic carbocycles. The number of halogens is 4. The van der Waals surface area contributed by atoms with E-state index in [0.29, 0.717) is 22.6 Å². The highest BCUT2D eigenvalue weighted by atomic mass is 19.4. The highest BCUT2D eigenvalue weighted by Crippen LogP contribution is 2.29. The minimum Gasteiger partial charge on any atom is -0.493 e. The normalized spacial score (nSPS) is 11.5. The lowest BCUT2D eigenvalue weighted by molar-refractivity contribution is -0.137. The van der Waals surface area contributed by atoms with E-state index in [1.54, 1.807) is 36.4 Å². The summed E-state index contributed by atoms with van der Waals surface area (Å²) >= 11 is 0. The Balaban J connectivity index is 1.63. The fraction of sp³-hybridized carbons (Fsp3) is 0.143. The van der Waals surface area contributed by atoms with E-state index < -0.39 is 11.7 Å². The van der Waals surface area contributed by atoms with Crippen LogP contribution in [0.2, 0.25) is 0 Å². The molecule has 30 heavy (non-hydrogen) atoms. The molecule has 1 aromatic heterocycles. The number of alkyl halides is 3. The van der Waals surface area contributed by atoms with Gasteiger partial charge in [-0.1, -0.05) is 18.2 Å². The number of nitrogens with zero attached hydrogens (tertiary/aromatic N) is 2. The van der Waals surface area contributed by atoms with Crippen molar-refractivity contribution in [2.24, 2.45) is 5.10 Å². The Morgan fingerprint density at radius 2 is 1.87 bits per heavy atom. The maximum Gasteiger partial charge on any atom is 0.417 e. The van der Waals surface area contributed by atoms with Crippen molar-refractivity contribution < 1.29 is 27.0 Å². The smallest absolute Gasteiger partial charge is 0.417 e. The molecule has 1 heterocycles. The standard InChI is InChI=1S/C21H17F4N3O2/c1-29-19-10-14(6-8-18(19)30-13-15-4-2-3-5-17(15)22)11-27-28-20-9-7-16(12-26-20)21(23,24)25/h2-12H,13H2,1H3,(H,26,28)/b27-11-. The second-order valence-electron chi connectivity index (χ2n) is 6.09. The molecule has 0 atom stereocenters. The van der Waals surface area contributed by atoms with Crippen LogP contribution in [-0.4, -0.2) is 18.3 Å². The van der Waals surface area contributed by atoms with Crippen LogP contribution in [0.25, 0.3) is 0 Å². The molecule has 0 saturated carbocycles. The first-order chi connectivity index (χ1) is 14.4. The number of hydrogen-bond acceptors (Lipinski definition) is 5. The van der Waals surface area contributed by atoms with Crippen LogP contribution >= 0.6 is 0 Å². The van der Waals surface area contributed by atoms with Gasteiger partial charge in [0, 0.05) is 11.8 Å². The van der Waals surface area contributed by atoms with Crippen LogP contribution in [0.1, 0.15) is 16.7 Å². The molecule has 3 aromatic rings. The third kappa shape index (κ3) is 5.47. The van der Waals surface area contributed by atoms with Crippen molar-refractivity contribution in [1.82, 2.24) is 4.98 Å². The van der Waals surface area contributed by atoms with E-state index >= 15 is 0 Å². The Morgan fingerprint density at radius 1 is 1.07 bits per heavy atom. The zero-order valence-electron chi connectivity index (χ0n) is 15.8. The van der Waals surface area contributed by atoms with Crippen molar-refractivity contribution in [3.05, 3.63) is 83.3 Å². The van der Waals surface area contributed by atoms with Gasteiger partial charge in [-0.15, -0.1) is 0 Å². The highest BCUT2D eigenvalue weighted by molar-refractivity contribution is 5.81. The van der Waals surface area contributed by atoms with Crippen LogP contribution in [0.5, 0.6) is 11.5 Å². The molecule has 1 N–H and O–H groups in total. The Bertz CT molecular complexity index is 1020. The van der Waals surface area contributed by atoms with E-state index in [9.17, 15) is 17.6 Å². The number of rotatable bonds is 7. The summed E-state index contributed by atoms with van der Waals surface area (Å²) < 4.78 is 62.2. The SMILES string of the molecule is COc1cc(/C=N\Nc2ccc(C(F)(F)F)cn2)ccc1OCc1ccccc1F. The second-order valence-corrected chi connectivity index (χ2v) is 6.09. The molecule has 0 amide bonds. The first-order valence-corrected chi connectivity index (χ1v) is 8.73. The predicted molar refractivity (Wildman–Crippen MR) is 104 cm³/mol. The molecule has 0 aliphatic heterocycles. The number of benzene rings is 2. The maximum absolute atomic E-state index is 13.7. The van der Waals surface area contributed by atoms with E-state index in [0.717, 1.165) is 12.3 Å². The summed E-state index contributed by atoms with van der Waals surface area (Å²) in [5.74, 6) is 0.650. The van der Waals surface area contributed by atoms with Crippen LogP contribution < -0.4 is 14.9 Å². The minimum atomic E-state index is -4.44. The van der Waals surface area contributed by atoms with Crippen molar-refractivity contribution >= 4 is 12.0 Å². The quantitative estimate of drug-likeness (QED) is 0.322. The predicted octanol–water partition coefficient (Wildman–Crippen LogP) is 5.27. The molecule has 0 aliphatic rings. The first-order valence-electron chi connectivity index (χ1n) is 8.73. The van der Waals surface area contributed by atoms with Crippen molar-refractivity contribution in [3.8, 4) is 11.5 Å². The zero-order valence-corrected chi connectivity index (χ0v) is 15.8. The minimum absolute atomic E-state index is 0.0393. The molecule has 0 spiro atoms. The Labute approximate surface area is 170 Å². The fourth-order valence-electron chi connectivity index (χ4n) is 2.46. The van der Waals surface area contributed by atoms with Crippen molar-refractivity contribution in [2.45, 2.75) is 12.8 Å². The summed E-state index contributed by atoms with van der Waals surface area (Å²) in [6, 6.07) is 13.4. The molecule has 0 unspecified atom stereocenters. The number of nitrogens with one attached hydrogen (secondary N) is 1. The molecule has 0 bridgehead atoms. The molecule has 0 saturated heterocycles. The monoisotopic (exact) mass is 419 g/mol.